The summed E-state index contributed by atoms with van der Waals surface area (Å²) in [7, 11) is 0. The summed E-state index contributed by atoms with van der Waals surface area (Å²) in [4.78, 5) is 35.7. The van der Waals surface area contributed by atoms with Crippen molar-refractivity contribution in [1.82, 2.24) is 0 Å². The van der Waals surface area contributed by atoms with Gasteiger partial charge in [-0.1, -0.05) is 111 Å². The molecule has 0 rings (SSSR count). The van der Waals surface area contributed by atoms with E-state index in [-0.39, 0.29) is 126 Å². The van der Waals surface area contributed by atoms with Crippen LogP contribution in [0.25, 0.3) is 0 Å². The first-order chi connectivity index (χ1) is 23.8. The van der Waals surface area contributed by atoms with Crippen LogP contribution in [0, 0.1) is 71.0 Å². The van der Waals surface area contributed by atoms with E-state index in [4.69, 9.17) is 39.7 Å². The van der Waals surface area contributed by atoms with Crippen LogP contribution >= 0.6 is 0 Å². The minimum Gasteiger partial charge on any atom is -0.465 e. The van der Waals surface area contributed by atoms with E-state index in [2.05, 4.69) is 27.7 Å². The zero-order valence-corrected chi connectivity index (χ0v) is 34.6. The molecule has 0 heterocycles. The fourth-order valence-corrected chi connectivity index (χ4v) is 5.23. The van der Waals surface area contributed by atoms with Crippen LogP contribution in [-0.4, -0.2) is 96.3 Å². The van der Waals surface area contributed by atoms with Crippen LogP contribution in [0.1, 0.15) is 131 Å². The van der Waals surface area contributed by atoms with Crippen molar-refractivity contribution in [3.8, 4) is 0 Å². The van der Waals surface area contributed by atoms with E-state index >= 15 is 0 Å². The summed E-state index contributed by atoms with van der Waals surface area (Å²) in [6.45, 7) is 26.5. The van der Waals surface area contributed by atoms with E-state index < -0.39 is 0 Å². The van der Waals surface area contributed by atoms with Gasteiger partial charge < -0.3 is 39.7 Å². The van der Waals surface area contributed by atoms with Gasteiger partial charge in [-0.25, -0.2) is 0 Å². The Hall–Kier alpha value is -1.79. The second-order valence-electron chi connectivity index (χ2n) is 16.1. The molecule has 0 spiro atoms. The Labute approximate surface area is 326 Å². The fraction of sp³-hybridized carbons (Fsp3) is 0.929. The Bertz CT molecular complexity index is 838. The van der Waals surface area contributed by atoms with E-state index in [9.17, 15) is 14.4 Å². The summed E-state index contributed by atoms with van der Waals surface area (Å²) in [5, 5.41) is 44.6. The Kier molecular flexibility index (Phi) is 40.9. The molecular formula is C42H88O11. The second-order valence-corrected chi connectivity index (χ2v) is 16.1. The van der Waals surface area contributed by atoms with Crippen LogP contribution in [0.4, 0.5) is 0 Å². The van der Waals surface area contributed by atoms with Crippen LogP contribution in [-0.2, 0) is 28.6 Å². The molecule has 0 aliphatic heterocycles. The third-order valence-electron chi connectivity index (χ3n) is 8.96. The first kappa shape index (κ1) is 60.5. The molecule has 0 radical (unpaired) electrons. The Morgan fingerprint density at radius 3 is 1.08 bits per heavy atom. The molecule has 0 fully saturated rings. The van der Waals surface area contributed by atoms with Crippen molar-refractivity contribution in [2.75, 3.05) is 52.9 Å². The number of ether oxygens (including phenoxy) is 3. The molecule has 5 N–H and O–H groups in total. The lowest BCUT2D eigenvalue weighted by molar-refractivity contribution is -0.154. The molecule has 11 nitrogen and oxygen atoms in total. The largest absolute Gasteiger partial charge is 0.465 e. The van der Waals surface area contributed by atoms with Crippen LogP contribution in [0.2, 0.25) is 0 Å². The summed E-state index contributed by atoms with van der Waals surface area (Å²) in [5.74, 6) is 0.627. The van der Waals surface area contributed by atoms with E-state index in [1.165, 1.54) is 0 Å². The molecule has 0 aliphatic carbocycles. The monoisotopic (exact) mass is 769 g/mol. The molecule has 53 heavy (non-hydrogen) atoms. The Morgan fingerprint density at radius 1 is 0.453 bits per heavy atom. The summed E-state index contributed by atoms with van der Waals surface area (Å²) < 4.78 is 15.6. The van der Waals surface area contributed by atoms with E-state index in [1.807, 2.05) is 62.3 Å². The SMILES string of the molecule is C.C.CC(C)CC(C(=O)OCC(CO)CO)C(C)C.CC(C)CCC(C(=O)OCC(CO)CO)C(C)C.CCC(CO)COC(=O)C(C(C)C)C(C)C. The van der Waals surface area contributed by atoms with Crippen molar-refractivity contribution < 1.29 is 54.1 Å². The van der Waals surface area contributed by atoms with Gasteiger partial charge in [-0.15, -0.1) is 0 Å². The van der Waals surface area contributed by atoms with Crippen molar-refractivity contribution in [2.24, 2.45) is 71.0 Å². The van der Waals surface area contributed by atoms with Crippen molar-refractivity contribution in [2.45, 2.75) is 131 Å². The molecule has 322 valence electrons. The van der Waals surface area contributed by atoms with Gasteiger partial charge in [0, 0.05) is 24.4 Å². The zero-order chi connectivity index (χ0) is 40.3. The van der Waals surface area contributed by atoms with Gasteiger partial charge in [-0.05, 0) is 54.8 Å². The third-order valence-corrected chi connectivity index (χ3v) is 8.96. The molecule has 0 aromatic carbocycles. The lowest BCUT2D eigenvalue weighted by Gasteiger charge is -2.23. The fourth-order valence-electron chi connectivity index (χ4n) is 5.23. The third kappa shape index (κ3) is 30.2. The minimum atomic E-state index is -0.370. The van der Waals surface area contributed by atoms with Gasteiger partial charge in [-0.3, -0.25) is 14.4 Å². The molecule has 0 amide bonds. The van der Waals surface area contributed by atoms with Gasteiger partial charge in [0.1, 0.15) is 0 Å². The molecule has 0 aromatic rings. The highest BCUT2D eigenvalue weighted by atomic mass is 16.5. The number of esters is 3. The summed E-state index contributed by atoms with van der Waals surface area (Å²) in [6.07, 6.45) is 3.47. The van der Waals surface area contributed by atoms with E-state index in [0.29, 0.717) is 30.3 Å². The standard InChI is InChI=1S/C14H28O4.C13H26O4.C13H26O3.2CH4/c1-10(2)5-6-13(11(3)4)14(17)18-9-12(7-15)8-16;1-9(2)5-12(10(3)4)13(16)17-8-11(6-14)7-15;1-6-11(7-14)8-16-13(15)12(9(2)3)10(4)5;;/h10-13,15-16H,5-9H2,1-4H3;9-12,14-15H,5-8H2,1-4H3;9-12,14H,6-8H2,1-5H3;2*1H4. The maximum absolute atomic E-state index is 11.9. The predicted molar refractivity (Wildman–Crippen MR) is 216 cm³/mol. The number of hydrogen-bond donors (Lipinski definition) is 5. The molecule has 0 aromatic heterocycles. The van der Waals surface area contributed by atoms with Gasteiger partial charge in [-0.2, -0.15) is 0 Å². The molecule has 0 aliphatic rings. The van der Waals surface area contributed by atoms with Crippen molar-refractivity contribution >= 4 is 17.9 Å². The van der Waals surface area contributed by atoms with Crippen molar-refractivity contribution in [1.29, 1.82) is 0 Å². The number of carbonyl (C=O) groups is 3. The highest BCUT2D eigenvalue weighted by Gasteiger charge is 2.28. The molecule has 0 saturated carbocycles. The molecule has 3 atom stereocenters. The lowest BCUT2D eigenvalue weighted by atomic mass is 9.86. The molecule has 11 heteroatoms. The second kappa shape index (κ2) is 35.9. The van der Waals surface area contributed by atoms with Crippen LogP contribution in [0.15, 0.2) is 0 Å². The smallest absolute Gasteiger partial charge is 0.309 e. The van der Waals surface area contributed by atoms with Gasteiger partial charge >= 0.3 is 17.9 Å². The van der Waals surface area contributed by atoms with Crippen molar-refractivity contribution in [3.63, 3.8) is 0 Å². The summed E-state index contributed by atoms with van der Waals surface area (Å²) >= 11 is 0. The number of aliphatic hydroxyl groups excluding tert-OH is 5. The number of rotatable bonds is 24. The zero-order valence-electron chi connectivity index (χ0n) is 34.6. The van der Waals surface area contributed by atoms with Gasteiger partial charge in [0.05, 0.1) is 64.0 Å². The normalized spacial score (nSPS) is 13.0. The van der Waals surface area contributed by atoms with E-state index in [1.54, 1.807) is 0 Å². The number of aliphatic hydroxyl groups is 5. The number of carbonyl (C=O) groups excluding carboxylic acids is 3. The highest BCUT2D eigenvalue weighted by Crippen LogP contribution is 2.24. The first-order valence-corrected chi connectivity index (χ1v) is 19.3. The topological polar surface area (TPSA) is 180 Å². The molecule has 0 saturated heterocycles. The molecule has 0 bridgehead atoms. The van der Waals surface area contributed by atoms with Gasteiger partial charge in [0.2, 0.25) is 0 Å². The summed E-state index contributed by atoms with van der Waals surface area (Å²) in [6, 6.07) is 0. The molecular weight excluding hydrogens is 680 g/mol. The average molecular weight is 769 g/mol. The Morgan fingerprint density at radius 2 is 0.792 bits per heavy atom. The number of hydrogen-bond acceptors (Lipinski definition) is 11. The predicted octanol–water partition coefficient (Wildman–Crippen LogP) is 7.04. The first-order valence-electron chi connectivity index (χ1n) is 19.3. The quantitative estimate of drug-likeness (QED) is 0.0502. The maximum Gasteiger partial charge on any atom is 0.309 e. The minimum absolute atomic E-state index is 0. The van der Waals surface area contributed by atoms with Crippen LogP contribution < -0.4 is 0 Å². The summed E-state index contributed by atoms with van der Waals surface area (Å²) in [5.41, 5.74) is 0. The average Bonchev–Trinajstić information content (AvgIpc) is 3.04. The van der Waals surface area contributed by atoms with Gasteiger partial charge in [0.25, 0.3) is 0 Å². The molecule has 3 unspecified atom stereocenters. The highest BCUT2D eigenvalue weighted by molar-refractivity contribution is 5.73. The van der Waals surface area contributed by atoms with Crippen molar-refractivity contribution in [3.05, 3.63) is 0 Å². The van der Waals surface area contributed by atoms with Crippen LogP contribution in [0.3, 0.4) is 0 Å². The van der Waals surface area contributed by atoms with Crippen LogP contribution in [0.5, 0.6) is 0 Å². The lowest BCUT2D eigenvalue weighted by Crippen LogP contribution is -2.29. The van der Waals surface area contributed by atoms with E-state index in [0.717, 1.165) is 25.7 Å². The maximum atomic E-state index is 11.9. The Balaban J connectivity index is -0.000000214. The van der Waals surface area contributed by atoms with Gasteiger partial charge in [0.15, 0.2) is 0 Å².